The van der Waals surface area contributed by atoms with Crippen LogP contribution in [0.5, 0.6) is 0 Å². The summed E-state index contributed by atoms with van der Waals surface area (Å²) in [5, 5.41) is 5.11. The summed E-state index contributed by atoms with van der Waals surface area (Å²) in [4.78, 5) is 16.3. The van der Waals surface area contributed by atoms with E-state index in [9.17, 15) is 13.2 Å². The van der Waals surface area contributed by atoms with Gasteiger partial charge < -0.3 is 14.1 Å². The van der Waals surface area contributed by atoms with Gasteiger partial charge in [0.1, 0.15) is 7.11 Å². The number of nitrogens with zero attached hydrogens (tertiary/aromatic N) is 3. The van der Waals surface area contributed by atoms with Crippen LogP contribution in [-0.2, 0) is 31.4 Å². The van der Waals surface area contributed by atoms with Gasteiger partial charge in [0, 0.05) is 12.4 Å². The summed E-state index contributed by atoms with van der Waals surface area (Å²) in [7, 11) is 0.535. The number of methoxy groups -OCH3 is 1. The van der Waals surface area contributed by atoms with Gasteiger partial charge in [-0.05, 0) is 0 Å². The average Bonchev–Trinajstić information content (AvgIpc) is 2.65. The van der Waals surface area contributed by atoms with Crippen LogP contribution in [0.2, 0.25) is 0 Å². The maximum absolute atomic E-state index is 11.6. The molecule has 0 aliphatic carbocycles. The summed E-state index contributed by atoms with van der Waals surface area (Å²) in [5.41, 5.74) is 0.278. The van der Waals surface area contributed by atoms with Gasteiger partial charge in [-0.25, -0.2) is 13.2 Å². The lowest BCUT2D eigenvalue weighted by atomic mass is 10.3. The first-order chi connectivity index (χ1) is 8.80. The number of ether oxygens (including phenoxy) is 1. The van der Waals surface area contributed by atoms with Gasteiger partial charge in [0.25, 0.3) is 10.0 Å². The minimum atomic E-state index is -3.52. The highest BCUT2D eigenvalue weighted by atomic mass is 32.2. The first-order valence-corrected chi connectivity index (χ1v) is 7.63. The number of rotatable bonds is 4. The smallest absolute Gasteiger partial charge is 0.362 e. The van der Waals surface area contributed by atoms with Crippen LogP contribution in [-0.4, -0.2) is 45.1 Å². The first kappa shape index (κ1) is 15.4. The van der Waals surface area contributed by atoms with Crippen LogP contribution in [0.1, 0.15) is 5.69 Å². The number of carbonyl (C=O) groups excluding carboxylic acids is 1. The van der Waals surface area contributed by atoms with E-state index in [0.717, 1.165) is 17.6 Å². The van der Waals surface area contributed by atoms with Crippen molar-refractivity contribution in [2.45, 2.75) is 0 Å². The number of hydrogen-bond acceptors (Lipinski definition) is 7. The molecule has 0 fully saturated rings. The van der Waals surface area contributed by atoms with Crippen LogP contribution in [0.15, 0.2) is 14.9 Å². The van der Waals surface area contributed by atoms with E-state index in [0.29, 0.717) is 5.69 Å². The highest BCUT2D eigenvalue weighted by Gasteiger charge is 2.20. The number of aromatic nitrogens is 1. The maximum atomic E-state index is 11.6. The summed E-state index contributed by atoms with van der Waals surface area (Å²) in [6, 6.07) is 0. The van der Waals surface area contributed by atoms with Gasteiger partial charge in [-0.2, -0.15) is 0 Å². The Morgan fingerprint density at radius 2 is 2.05 bits per heavy atom. The molecule has 8 nitrogen and oxygen atoms in total. The Labute approximate surface area is 114 Å². The molecular weight excluding hydrogens is 294 g/mol. The molecule has 1 rings (SSSR count). The quantitative estimate of drug-likeness (QED) is 0.423. The summed E-state index contributed by atoms with van der Waals surface area (Å²) in [5.74, 6) is -0.693. The van der Waals surface area contributed by atoms with E-state index in [-0.39, 0.29) is 10.5 Å². The lowest BCUT2D eigenvalue weighted by molar-refractivity contribution is -0.132. The molecule has 0 N–H and O–H groups in total. The predicted octanol–water partition coefficient (Wildman–Crippen LogP) is -0.530. The van der Waals surface area contributed by atoms with E-state index in [4.69, 9.17) is 0 Å². The number of thiazole rings is 1. The zero-order valence-electron chi connectivity index (χ0n) is 10.8. The van der Waals surface area contributed by atoms with Crippen molar-refractivity contribution in [3.05, 3.63) is 15.9 Å². The SMILES string of the molecule is CO/N=C(/C(=O)OC)c1csc(=NS(C)(=O)=O)n1C. The van der Waals surface area contributed by atoms with Gasteiger partial charge >= 0.3 is 5.97 Å². The summed E-state index contributed by atoms with van der Waals surface area (Å²) < 4.78 is 31.8. The molecule has 0 saturated heterocycles. The molecule has 19 heavy (non-hydrogen) atoms. The van der Waals surface area contributed by atoms with Crippen LogP contribution < -0.4 is 4.80 Å². The van der Waals surface area contributed by atoms with Crippen LogP contribution in [0, 0.1) is 0 Å². The van der Waals surface area contributed by atoms with Gasteiger partial charge in [-0.15, -0.1) is 15.7 Å². The van der Waals surface area contributed by atoms with Crippen molar-refractivity contribution in [3.63, 3.8) is 0 Å². The molecule has 0 atom stereocenters. The van der Waals surface area contributed by atoms with Crippen molar-refractivity contribution in [1.29, 1.82) is 0 Å². The van der Waals surface area contributed by atoms with Crippen molar-refractivity contribution in [2.24, 2.45) is 16.6 Å². The molecular formula is C9H13N3O5S2. The molecule has 106 valence electrons. The molecule has 0 unspecified atom stereocenters. The maximum Gasteiger partial charge on any atom is 0.362 e. The Morgan fingerprint density at radius 1 is 1.42 bits per heavy atom. The third-order valence-electron chi connectivity index (χ3n) is 1.97. The van der Waals surface area contributed by atoms with Gasteiger partial charge in [-0.3, -0.25) is 0 Å². The van der Waals surface area contributed by atoms with Gasteiger partial charge in [0.2, 0.25) is 10.5 Å². The third kappa shape index (κ3) is 3.89. The Hall–Kier alpha value is -1.68. The minimum absolute atomic E-state index is 0.0706. The first-order valence-electron chi connectivity index (χ1n) is 4.90. The van der Waals surface area contributed by atoms with E-state index >= 15 is 0 Å². The molecule has 0 amide bonds. The second-order valence-electron chi connectivity index (χ2n) is 3.40. The van der Waals surface area contributed by atoms with E-state index < -0.39 is 16.0 Å². The Balaban J connectivity index is 3.42. The van der Waals surface area contributed by atoms with E-state index in [1.54, 1.807) is 12.4 Å². The second kappa shape index (κ2) is 5.97. The minimum Gasteiger partial charge on any atom is -0.464 e. The van der Waals surface area contributed by atoms with Crippen molar-refractivity contribution in [2.75, 3.05) is 20.5 Å². The molecule has 0 aliphatic heterocycles. The molecule has 0 bridgehead atoms. The topological polar surface area (TPSA) is 99.3 Å². The molecule has 1 aromatic rings. The summed E-state index contributed by atoms with van der Waals surface area (Å²) in [6.07, 6.45) is 0.983. The monoisotopic (exact) mass is 307 g/mol. The lowest BCUT2D eigenvalue weighted by Gasteiger charge is -2.04. The number of oxime groups is 1. The zero-order valence-corrected chi connectivity index (χ0v) is 12.4. The van der Waals surface area contributed by atoms with E-state index in [2.05, 4.69) is 19.1 Å². The Morgan fingerprint density at radius 3 is 2.53 bits per heavy atom. The van der Waals surface area contributed by atoms with Crippen LogP contribution in [0.3, 0.4) is 0 Å². The summed E-state index contributed by atoms with van der Waals surface area (Å²) >= 11 is 1.06. The average molecular weight is 307 g/mol. The summed E-state index contributed by atoms with van der Waals surface area (Å²) in [6.45, 7) is 0. The fourth-order valence-corrected chi connectivity index (χ4v) is 2.91. The number of carbonyl (C=O) groups is 1. The standard InChI is InChI=1S/C9H13N3O5S2/c1-12-6(7(10-17-3)8(13)16-2)5-18-9(12)11-19(4,14)15/h5H,1-4H3/b10-7+,11-9?. The van der Waals surface area contributed by atoms with Crippen molar-refractivity contribution in [1.82, 2.24) is 4.57 Å². The molecule has 0 aliphatic rings. The molecule has 1 aromatic heterocycles. The normalized spacial score (nSPS) is 13.5. The Bertz CT molecular complexity index is 668. The molecule has 1 heterocycles. The molecule has 0 spiro atoms. The van der Waals surface area contributed by atoms with Crippen LogP contribution in [0.25, 0.3) is 0 Å². The number of hydrogen-bond donors (Lipinski definition) is 0. The van der Waals surface area contributed by atoms with Gasteiger partial charge in [0.15, 0.2) is 0 Å². The predicted molar refractivity (Wildman–Crippen MR) is 69.3 cm³/mol. The van der Waals surface area contributed by atoms with Crippen LogP contribution >= 0.6 is 11.3 Å². The van der Waals surface area contributed by atoms with Crippen molar-refractivity contribution < 1.29 is 22.8 Å². The molecule has 0 radical (unpaired) electrons. The lowest BCUT2D eigenvalue weighted by Crippen LogP contribution is -2.24. The molecule has 0 aromatic carbocycles. The van der Waals surface area contributed by atoms with E-state index in [1.807, 2.05) is 0 Å². The Kier molecular flexibility index (Phi) is 4.84. The highest BCUT2D eigenvalue weighted by Crippen LogP contribution is 2.05. The van der Waals surface area contributed by atoms with Gasteiger partial charge in [-0.1, -0.05) is 5.16 Å². The van der Waals surface area contributed by atoms with Crippen molar-refractivity contribution in [3.8, 4) is 0 Å². The van der Waals surface area contributed by atoms with E-state index in [1.165, 1.54) is 18.8 Å². The highest BCUT2D eigenvalue weighted by molar-refractivity contribution is 7.89. The van der Waals surface area contributed by atoms with Crippen molar-refractivity contribution >= 4 is 33.0 Å². The number of sulfonamides is 1. The number of esters is 1. The van der Waals surface area contributed by atoms with Gasteiger partial charge in [0.05, 0.1) is 19.1 Å². The van der Waals surface area contributed by atoms with Crippen LogP contribution in [0.4, 0.5) is 0 Å². The third-order valence-corrected chi connectivity index (χ3v) is 3.51. The molecule has 0 saturated carbocycles. The fourth-order valence-electron chi connectivity index (χ4n) is 1.19. The largest absolute Gasteiger partial charge is 0.464 e. The zero-order chi connectivity index (χ0) is 14.6. The fraction of sp³-hybridized carbons (Fsp3) is 0.444. The second-order valence-corrected chi connectivity index (χ2v) is 5.89. The molecule has 10 heteroatoms.